The van der Waals surface area contributed by atoms with Crippen molar-refractivity contribution in [3.8, 4) is 11.1 Å². The van der Waals surface area contributed by atoms with Crippen molar-refractivity contribution in [1.82, 2.24) is 0 Å². The lowest BCUT2D eigenvalue weighted by molar-refractivity contribution is 0.426. The first-order chi connectivity index (χ1) is 18.7. The molecule has 0 heterocycles. The maximum absolute atomic E-state index is 9.63. The van der Waals surface area contributed by atoms with Crippen molar-refractivity contribution in [3.63, 3.8) is 0 Å². The average molecular weight is 493 g/mol. The van der Waals surface area contributed by atoms with Gasteiger partial charge in [-0.15, -0.1) is 0 Å². The largest absolute Gasteiger partial charge is 0.488 e. The van der Waals surface area contributed by atoms with Crippen molar-refractivity contribution in [3.05, 3.63) is 139 Å². The maximum atomic E-state index is 9.63. The SMILES string of the molecule is OB(O)c1ccc(N(c2ccc(-c3ccc4ccccc4c3)cc2)c2ccccc2C2=CC=CCC2)cc1. The summed E-state index contributed by atoms with van der Waals surface area (Å²) >= 11 is 0. The first kappa shape index (κ1) is 24.0. The second kappa shape index (κ2) is 10.5. The van der Waals surface area contributed by atoms with Crippen molar-refractivity contribution >= 4 is 46.0 Å². The fourth-order valence-corrected chi connectivity index (χ4v) is 5.16. The zero-order valence-electron chi connectivity index (χ0n) is 21.0. The fourth-order valence-electron chi connectivity index (χ4n) is 5.16. The second-order valence-corrected chi connectivity index (χ2v) is 9.59. The predicted molar refractivity (Wildman–Crippen MR) is 160 cm³/mol. The monoisotopic (exact) mass is 493 g/mol. The Morgan fingerprint density at radius 3 is 2.00 bits per heavy atom. The van der Waals surface area contributed by atoms with Gasteiger partial charge in [-0.05, 0) is 82.2 Å². The highest BCUT2D eigenvalue weighted by Crippen LogP contribution is 2.41. The molecule has 0 atom stereocenters. The molecule has 0 fully saturated rings. The Kier molecular flexibility index (Phi) is 6.66. The van der Waals surface area contributed by atoms with Crippen molar-refractivity contribution in [1.29, 1.82) is 0 Å². The van der Waals surface area contributed by atoms with Crippen LogP contribution in [0.1, 0.15) is 18.4 Å². The van der Waals surface area contributed by atoms with Gasteiger partial charge in [-0.3, -0.25) is 0 Å². The number of fused-ring (bicyclic) bond motifs is 1. The Hall–Kier alpha value is -4.38. The number of nitrogens with zero attached hydrogens (tertiary/aromatic N) is 1. The molecule has 0 saturated heterocycles. The molecular weight excluding hydrogens is 465 g/mol. The predicted octanol–water partition coefficient (Wildman–Crippen LogP) is 7.39. The molecule has 5 aromatic carbocycles. The third-order valence-electron chi connectivity index (χ3n) is 7.16. The Morgan fingerprint density at radius 2 is 1.29 bits per heavy atom. The van der Waals surface area contributed by atoms with Gasteiger partial charge in [-0.25, -0.2) is 0 Å². The van der Waals surface area contributed by atoms with Gasteiger partial charge in [0, 0.05) is 16.9 Å². The number of anilines is 3. The zero-order valence-corrected chi connectivity index (χ0v) is 21.0. The Bertz CT molecular complexity index is 1640. The summed E-state index contributed by atoms with van der Waals surface area (Å²) in [6.07, 6.45) is 8.57. The van der Waals surface area contributed by atoms with E-state index in [1.807, 2.05) is 12.1 Å². The highest BCUT2D eigenvalue weighted by molar-refractivity contribution is 6.58. The molecular formula is C34H28BNO2. The van der Waals surface area contributed by atoms with Crippen LogP contribution >= 0.6 is 0 Å². The van der Waals surface area contributed by atoms with E-state index in [9.17, 15) is 10.0 Å². The number of hydrogen-bond donors (Lipinski definition) is 2. The molecule has 3 nitrogen and oxygen atoms in total. The maximum Gasteiger partial charge on any atom is 0.488 e. The van der Waals surface area contributed by atoms with Crippen molar-refractivity contribution in [2.75, 3.05) is 4.90 Å². The number of rotatable bonds is 6. The quantitative estimate of drug-likeness (QED) is 0.243. The van der Waals surface area contributed by atoms with Crippen LogP contribution in [0.5, 0.6) is 0 Å². The number of benzene rings is 5. The smallest absolute Gasteiger partial charge is 0.423 e. The van der Waals surface area contributed by atoms with Crippen LogP contribution in [0.3, 0.4) is 0 Å². The van der Waals surface area contributed by atoms with E-state index in [1.165, 1.54) is 27.5 Å². The van der Waals surface area contributed by atoms with Crippen LogP contribution in [-0.4, -0.2) is 17.2 Å². The Labute approximate surface area is 223 Å². The highest BCUT2D eigenvalue weighted by atomic mass is 16.4. The molecule has 0 aliphatic heterocycles. The summed E-state index contributed by atoms with van der Waals surface area (Å²) in [4.78, 5) is 2.24. The summed E-state index contributed by atoms with van der Waals surface area (Å²) in [5, 5.41) is 21.7. The normalized spacial score (nSPS) is 12.8. The van der Waals surface area contributed by atoms with E-state index in [0.29, 0.717) is 5.46 Å². The molecule has 0 spiro atoms. The molecule has 0 radical (unpaired) electrons. The lowest BCUT2D eigenvalue weighted by atomic mass is 9.80. The number of para-hydroxylation sites is 1. The van der Waals surface area contributed by atoms with Crippen LogP contribution in [-0.2, 0) is 0 Å². The van der Waals surface area contributed by atoms with E-state index >= 15 is 0 Å². The van der Waals surface area contributed by atoms with E-state index in [-0.39, 0.29) is 0 Å². The van der Waals surface area contributed by atoms with Crippen LogP contribution < -0.4 is 10.4 Å². The minimum atomic E-state index is -1.50. The van der Waals surface area contributed by atoms with Gasteiger partial charge in [0.15, 0.2) is 0 Å². The van der Waals surface area contributed by atoms with E-state index < -0.39 is 7.12 Å². The Balaban J connectivity index is 1.44. The van der Waals surface area contributed by atoms with Crippen LogP contribution in [0.2, 0.25) is 0 Å². The summed E-state index contributed by atoms with van der Waals surface area (Å²) in [5.41, 5.74) is 8.39. The van der Waals surface area contributed by atoms with Gasteiger partial charge < -0.3 is 14.9 Å². The molecule has 4 heteroatoms. The summed E-state index contributed by atoms with van der Waals surface area (Å²) in [6.45, 7) is 0. The fraction of sp³-hybridized carbons (Fsp3) is 0.0588. The van der Waals surface area contributed by atoms with Crippen LogP contribution in [0.4, 0.5) is 17.1 Å². The summed E-state index contributed by atoms with van der Waals surface area (Å²) in [5.74, 6) is 0. The van der Waals surface area contributed by atoms with Crippen molar-refractivity contribution in [2.45, 2.75) is 12.8 Å². The molecule has 38 heavy (non-hydrogen) atoms. The minimum absolute atomic E-state index is 0.466. The average Bonchev–Trinajstić information content (AvgIpc) is 2.98. The number of hydrogen-bond acceptors (Lipinski definition) is 3. The molecule has 2 N–H and O–H groups in total. The first-order valence-corrected chi connectivity index (χ1v) is 13.0. The molecule has 0 aromatic heterocycles. The lowest BCUT2D eigenvalue weighted by Crippen LogP contribution is -2.29. The molecule has 0 amide bonds. The first-order valence-electron chi connectivity index (χ1n) is 13.0. The van der Waals surface area contributed by atoms with Crippen LogP contribution in [0.15, 0.2) is 133 Å². The van der Waals surface area contributed by atoms with Crippen LogP contribution in [0, 0.1) is 0 Å². The van der Waals surface area contributed by atoms with Crippen molar-refractivity contribution in [2.24, 2.45) is 0 Å². The Morgan fingerprint density at radius 1 is 0.632 bits per heavy atom. The minimum Gasteiger partial charge on any atom is -0.423 e. The van der Waals surface area contributed by atoms with Gasteiger partial charge >= 0.3 is 7.12 Å². The van der Waals surface area contributed by atoms with E-state index in [2.05, 4.69) is 114 Å². The van der Waals surface area contributed by atoms with Gasteiger partial charge in [-0.1, -0.05) is 97.1 Å². The van der Waals surface area contributed by atoms with Gasteiger partial charge in [0.25, 0.3) is 0 Å². The molecule has 0 saturated carbocycles. The molecule has 6 rings (SSSR count). The standard InChI is InChI=1S/C34H28BNO2/c37-35(38)30-18-22-32(23-19-30)36(34-13-7-6-12-33(34)27-9-2-1-3-10-27)31-20-16-26(17-21-31)29-15-14-25-8-4-5-11-28(25)24-29/h1-2,4-9,11-24,37-38H,3,10H2. The third-order valence-corrected chi connectivity index (χ3v) is 7.16. The molecule has 1 aliphatic carbocycles. The van der Waals surface area contributed by atoms with Gasteiger partial charge in [0.05, 0.1) is 5.69 Å². The van der Waals surface area contributed by atoms with Gasteiger partial charge in [0.2, 0.25) is 0 Å². The number of allylic oxidation sites excluding steroid dienone is 4. The molecule has 5 aromatic rings. The van der Waals surface area contributed by atoms with E-state index in [4.69, 9.17) is 0 Å². The van der Waals surface area contributed by atoms with E-state index in [0.717, 1.165) is 35.5 Å². The summed E-state index contributed by atoms with van der Waals surface area (Å²) < 4.78 is 0. The summed E-state index contributed by atoms with van der Waals surface area (Å²) in [6, 6.07) is 39.6. The molecule has 184 valence electrons. The zero-order chi connectivity index (χ0) is 25.9. The summed E-state index contributed by atoms with van der Waals surface area (Å²) in [7, 11) is -1.50. The van der Waals surface area contributed by atoms with Crippen LogP contribution in [0.25, 0.3) is 27.5 Å². The van der Waals surface area contributed by atoms with Gasteiger partial charge in [0.1, 0.15) is 0 Å². The molecule has 0 unspecified atom stereocenters. The molecule has 0 bridgehead atoms. The van der Waals surface area contributed by atoms with Gasteiger partial charge in [-0.2, -0.15) is 0 Å². The topological polar surface area (TPSA) is 43.7 Å². The van der Waals surface area contributed by atoms with E-state index in [1.54, 1.807) is 12.1 Å². The molecule has 1 aliphatic rings. The third kappa shape index (κ3) is 4.80. The van der Waals surface area contributed by atoms with Crippen molar-refractivity contribution < 1.29 is 10.0 Å². The lowest BCUT2D eigenvalue weighted by Gasteiger charge is -2.29. The highest BCUT2D eigenvalue weighted by Gasteiger charge is 2.19. The second-order valence-electron chi connectivity index (χ2n) is 9.59.